The summed E-state index contributed by atoms with van der Waals surface area (Å²) in [5.41, 5.74) is 2.50. The van der Waals surface area contributed by atoms with Gasteiger partial charge in [-0.15, -0.1) is 0 Å². The smallest absolute Gasteiger partial charge is 0.257 e. The van der Waals surface area contributed by atoms with Gasteiger partial charge >= 0.3 is 0 Å². The van der Waals surface area contributed by atoms with Crippen LogP contribution in [0.4, 0.5) is 11.4 Å². The van der Waals surface area contributed by atoms with Crippen molar-refractivity contribution in [3.63, 3.8) is 0 Å². The average Bonchev–Trinajstić information content (AvgIpc) is 2.74. The largest absolute Gasteiger partial charge is 0.367 e. The molecule has 0 aromatic heterocycles. The average molecular weight is 507 g/mol. The molecule has 0 aliphatic carbocycles. The van der Waals surface area contributed by atoms with E-state index in [1.54, 1.807) is 24.3 Å². The van der Waals surface area contributed by atoms with E-state index in [1.165, 1.54) is 0 Å². The van der Waals surface area contributed by atoms with Gasteiger partial charge in [-0.25, -0.2) is 0 Å². The summed E-state index contributed by atoms with van der Waals surface area (Å²) in [6, 6.07) is 10.6. The molecule has 0 spiro atoms. The van der Waals surface area contributed by atoms with Gasteiger partial charge in [0.2, 0.25) is 5.91 Å². The summed E-state index contributed by atoms with van der Waals surface area (Å²) in [5.74, 6) is -0.184. The molecular weight excluding hydrogens is 479 g/mol. The number of aryl methyl sites for hydroxylation is 1. The Balaban J connectivity index is 1.58. The summed E-state index contributed by atoms with van der Waals surface area (Å²) >= 11 is 17.9. The first-order chi connectivity index (χ1) is 15.5. The van der Waals surface area contributed by atoms with Crippen molar-refractivity contribution < 1.29 is 9.59 Å². The van der Waals surface area contributed by atoms with Gasteiger partial charge in [-0.1, -0.05) is 50.0 Å². The van der Waals surface area contributed by atoms with Crippen LogP contribution in [-0.4, -0.2) is 48.0 Å². The molecular formula is C24H28Cl2N4O2S. The van der Waals surface area contributed by atoms with Gasteiger partial charge in [0.25, 0.3) is 5.91 Å². The number of hydrogen-bond donors (Lipinski definition) is 2. The molecule has 2 aromatic rings. The topological polar surface area (TPSA) is 64.7 Å². The lowest BCUT2D eigenvalue weighted by Crippen LogP contribution is -2.51. The maximum atomic E-state index is 12.5. The Bertz CT molecular complexity index is 1080. The number of carbonyl (C=O) groups is 2. The van der Waals surface area contributed by atoms with E-state index in [0.717, 1.165) is 11.3 Å². The number of carbonyl (C=O) groups excluding carboxylic acids is 2. The summed E-state index contributed by atoms with van der Waals surface area (Å²) in [6.07, 6.45) is 0. The molecule has 2 amide bonds. The third kappa shape index (κ3) is 6.37. The molecule has 0 saturated carbocycles. The molecule has 2 N–H and O–H groups in total. The molecule has 2 aromatic carbocycles. The van der Waals surface area contributed by atoms with Gasteiger partial charge in [-0.3, -0.25) is 14.9 Å². The summed E-state index contributed by atoms with van der Waals surface area (Å²) in [6.45, 7) is 10.4. The van der Waals surface area contributed by atoms with Crippen LogP contribution >= 0.6 is 35.4 Å². The molecule has 33 heavy (non-hydrogen) atoms. The Morgan fingerprint density at radius 1 is 0.970 bits per heavy atom. The molecule has 1 fully saturated rings. The van der Waals surface area contributed by atoms with Crippen LogP contribution in [0, 0.1) is 12.3 Å². The van der Waals surface area contributed by atoms with Crippen LogP contribution in [0.2, 0.25) is 10.0 Å². The first kappa shape index (κ1) is 25.3. The highest BCUT2D eigenvalue weighted by Gasteiger charge is 2.30. The van der Waals surface area contributed by atoms with Crippen LogP contribution in [0.3, 0.4) is 0 Å². The number of hydrogen-bond acceptors (Lipinski definition) is 4. The molecule has 6 nitrogen and oxygen atoms in total. The van der Waals surface area contributed by atoms with Gasteiger partial charge in [-0.2, -0.15) is 0 Å². The molecule has 9 heteroatoms. The minimum absolute atomic E-state index is 0.162. The van der Waals surface area contributed by atoms with Crippen LogP contribution < -0.4 is 15.5 Å². The molecule has 1 heterocycles. The van der Waals surface area contributed by atoms with Crippen molar-refractivity contribution in [2.45, 2.75) is 27.7 Å². The van der Waals surface area contributed by atoms with Gasteiger partial charge in [0, 0.05) is 47.9 Å². The van der Waals surface area contributed by atoms with E-state index in [4.69, 9.17) is 35.4 Å². The Hall–Kier alpha value is -2.35. The summed E-state index contributed by atoms with van der Waals surface area (Å²) in [4.78, 5) is 29.0. The fraction of sp³-hybridized carbons (Fsp3) is 0.375. The number of rotatable bonds is 3. The highest BCUT2D eigenvalue weighted by atomic mass is 35.5. The zero-order chi connectivity index (χ0) is 24.3. The zero-order valence-electron chi connectivity index (χ0n) is 19.2. The van der Waals surface area contributed by atoms with Crippen LogP contribution in [-0.2, 0) is 4.79 Å². The molecule has 3 rings (SSSR count). The predicted molar refractivity (Wildman–Crippen MR) is 140 cm³/mol. The van der Waals surface area contributed by atoms with Crippen molar-refractivity contribution in [1.82, 2.24) is 10.2 Å². The molecule has 1 aliphatic heterocycles. The molecule has 1 aliphatic rings. The highest BCUT2D eigenvalue weighted by molar-refractivity contribution is 7.80. The third-order valence-electron chi connectivity index (χ3n) is 5.42. The summed E-state index contributed by atoms with van der Waals surface area (Å²) < 4.78 is 0. The van der Waals surface area contributed by atoms with Gasteiger partial charge < -0.3 is 15.1 Å². The number of amides is 2. The van der Waals surface area contributed by atoms with E-state index in [1.807, 2.05) is 44.7 Å². The quantitative estimate of drug-likeness (QED) is 0.565. The van der Waals surface area contributed by atoms with Gasteiger partial charge in [0.05, 0.1) is 10.7 Å². The van der Waals surface area contributed by atoms with E-state index >= 15 is 0 Å². The number of thiocarbonyl (C=S) groups is 1. The van der Waals surface area contributed by atoms with Gasteiger partial charge in [-0.05, 0) is 55.0 Å². The fourth-order valence-electron chi connectivity index (χ4n) is 3.54. The SMILES string of the molecule is Cc1ccc(C(=O)NC(=S)Nc2ccc(N3CCN(C(=O)C(C)(C)C)CC3)c(Cl)c2)cc1Cl. The Morgan fingerprint density at radius 2 is 1.64 bits per heavy atom. The van der Waals surface area contributed by atoms with Crippen LogP contribution in [0.5, 0.6) is 0 Å². The first-order valence-electron chi connectivity index (χ1n) is 10.7. The van der Waals surface area contributed by atoms with E-state index in [9.17, 15) is 9.59 Å². The standard InChI is InChI=1S/C24H28Cl2N4O2S/c1-15-5-6-16(13-18(15)25)21(31)28-23(33)27-17-7-8-20(19(26)14-17)29-9-11-30(12-10-29)22(32)24(2,3)4/h5-8,13-14H,9-12H2,1-4H3,(H2,27,28,31,33). The number of benzene rings is 2. The number of piperazine rings is 1. The third-order valence-corrected chi connectivity index (χ3v) is 6.33. The summed E-state index contributed by atoms with van der Waals surface area (Å²) in [5, 5.41) is 6.88. The molecule has 1 saturated heterocycles. The molecule has 176 valence electrons. The van der Waals surface area contributed by atoms with Crippen LogP contribution in [0.1, 0.15) is 36.7 Å². The normalized spacial score (nSPS) is 14.1. The second-order valence-electron chi connectivity index (χ2n) is 9.07. The first-order valence-corrected chi connectivity index (χ1v) is 11.8. The molecule has 0 bridgehead atoms. The molecule has 0 unspecified atom stereocenters. The molecule has 0 atom stereocenters. The van der Waals surface area contributed by atoms with Gasteiger partial charge in [0.15, 0.2) is 5.11 Å². The predicted octanol–water partition coefficient (Wildman–Crippen LogP) is 5.12. The van der Waals surface area contributed by atoms with E-state index in [-0.39, 0.29) is 22.3 Å². The number of nitrogens with one attached hydrogen (secondary N) is 2. The van der Waals surface area contributed by atoms with Gasteiger partial charge in [0.1, 0.15) is 0 Å². The molecule has 0 radical (unpaired) electrons. The monoisotopic (exact) mass is 506 g/mol. The fourth-order valence-corrected chi connectivity index (χ4v) is 4.23. The van der Waals surface area contributed by atoms with Crippen molar-refractivity contribution >= 4 is 63.7 Å². The number of anilines is 2. The minimum Gasteiger partial charge on any atom is -0.367 e. The lowest BCUT2D eigenvalue weighted by Gasteiger charge is -2.39. The Morgan fingerprint density at radius 3 is 2.21 bits per heavy atom. The van der Waals surface area contributed by atoms with Crippen molar-refractivity contribution in [3.8, 4) is 0 Å². The minimum atomic E-state index is -0.382. The van der Waals surface area contributed by atoms with Crippen molar-refractivity contribution in [3.05, 3.63) is 57.6 Å². The van der Waals surface area contributed by atoms with Crippen molar-refractivity contribution in [2.75, 3.05) is 36.4 Å². The van der Waals surface area contributed by atoms with E-state index in [2.05, 4.69) is 15.5 Å². The van der Waals surface area contributed by atoms with Crippen molar-refractivity contribution in [2.24, 2.45) is 5.41 Å². The Kier molecular flexibility index (Phi) is 7.88. The number of nitrogens with zero attached hydrogens (tertiary/aromatic N) is 2. The maximum Gasteiger partial charge on any atom is 0.257 e. The highest BCUT2D eigenvalue weighted by Crippen LogP contribution is 2.30. The van der Waals surface area contributed by atoms with Crippen LogP contribution in [0.15, 0.2) is 36.4 Å². The van der Waals surface area contributed by atoms with Crippen LogP contribution in [0.25, 0.3) is 0 Å². The lowest BCUT2D eigenvalue weighted by atomic mass is 9.94. The second kappa shape index (κ2) is 10.3. The maximum absolute atomic E-state index is 12.5. The lowest BCUT2D eigenvalue weighted by molar-refractivity contribution is -0.139. The Labute approximate surface area is 210 Å². The van der Waals surface area contributed by atoms with E-state index < -0.39 is 0 Å². The van der Waals surface area contributed by atoms with Crippen molar-refractivity contribution in [1.29, 1.82) is 0 Å². The summed E-state index contributed by atoms with van der Waals surface area (Å²) in [7, 11) is 0. The zero-order valence-corrected chi connectivity index (χ0v) is 21.5. The van der Waals surface area contributed by atoms with E-state index in [0.29, 0.717) is 47.5 Å². The second-order valence-corrected chi connectivity index (χ2v) is 10.3. The number of halogens is 2.